The lowest BCUT2D eigenvalue weighted by atomic mass is 9.95. The maximum Gasteiger partial charge on any atom is 0.0431 e. The molecule has 0 aromatic rings. The van der Waals surface area contributed by atoms with E-state index in [0.717, 1.165) is 45.3 Å². The molecular weight excluding hydrogens is 200 g/mol. The Balaban J connectivity index is 4.13. The van der Waals surface area contributed by atoms with Crippen LogP contribution in [-0.4, -0.2) is 41.8 Å². The molecule has 1 atom stereocenters. The summed E-state index contributed by atoms with van der Waals surface area (Å²) in [6, 6.07) is 0. The number of hydrogen-bond acceptors (Lipinski definition) is 3. The van der Waals surface area contributed by atoms with Crippen molar-refractivity contribution in [3.05, 3.63) is 0 Å². The molecule has 3 N–H and O–H groups in total. The van der Waals surface area contributed by atoms with E-state index < -0.39 is 0 Å². The van der Waals surface area contributed by atoms with Crippen LogP contribution in [0.4, 0.5) is 0 Å². The zero-order valence-corrected chi connectivity index (χ0v) is 11.3. The summed E-state index contributed by atoms with van der Waals surface area (Å²) in [7, 11) is 0. The number of aliphatic hydroxyl groups excluding tert-OH is 1. The highest BCUT2D eigenvalue weighted by molar-refractivity contribution is 4.85. The second-order valence-electron chi connectivity index (χ2n) is 4.83. The quantitative estimate of drug-likeness (QED) is 0.564. The van der Waals surface area contributed by atoms with Crippen molar-refractivity contribution < 1.29 is 5.11 Å². The molecule has 0 heterocycles. The van der Waals surface area contributed by atoms with Gasteiger partial charge in [0.05, 0.1) is 0 Å². The van der Waals surface area contributed by atoms with Crippen LogP contribution in [0, 0.1) is 0 Å². The molecule has 0 radical (unpaired) electrons. The minimum absolute atomic E-state index is 0.148. The fourth-order valence-corrected chi connectivity index (χ4v) is 2.01. The Hall–Kier alpha value is -0.120. The second kappa shape index (κ2) is 8.97. The van der Waals surface area contributed by atoms with E-state index in [1.165, 1.54) is 6.42 Å². The smallest absolute Gasteiger partial charge is 0.0431 e. The summed E-state index contributed by atoms with van der Waals surface area (Å²) in [6.45, 7) is 9.96. The Morgan fingerprint density at radius 1 is 1.12 bits per heavy atom. The molecule has 0 aliphatic rings. The Bertz CT molecular complexity index is 158. The molecule has 0 amide bonds. The van der Waals surface area contributed by atoms with Crippen molar-refractivity contribution in [2.75, 3.05) is 26.2 Å². The Morgan fingerprint density at radius 2 is 1.81 bits per heavy atom. The van der Waals surface area contributed by atoms with Crippen LogP contribution in [0.2, 0.25) is 0 Å². The average Bonchev–Trinajstić information content (AvgIpc) is 2.32. The Labute approximate surface area is 101 Å². The van der Waals surface area contributed by atoms with Gasteiger partial charge in [-0.15, -0.1) is 0 Å². The first-order valence-electron chi connectivity index (χ1n) is 6.70. The van der Waals surface area contributed by atoms with Crippen LogP contribution in [0.5, 0.6) is 0 Å². The van der Waals surface area contributed by atoms with Crippen LogP contribution in [0.1, 0.15) is 52.9 Å². The molecule has 0 aromatic heterocycles. The van der Waals surface area contributed by atoms with Gasteiger partial charge in [-0.3, -0.25) is 4.90 Å². The number of unbranched alkanes of at least 4 members (excludes halogenated alkanes) is 2. The third-order valence-corrected chi connectivity index (χ3v) is 3.54. The van der Waals surface area contributed by atoms with E-state index >= 15 is 0 Å². The molecule has 0 aliphatic heterocycles. The minimum atomic E-state index is 0.148. The van der Waals surface area contributed by atoms with E-state index in [0.29, 0.717) is 6.61 Å². The summed E-state index contributed by atoms with van der Waals surface area (Å²) in [6.07, 6.45) is 5.47. The molecule has 0 aromatic carbocycles. The lowest BCUT2D eigenvalue weighted by Crippen LogP contribution is -2.51. The molecule has 98 valence electrons. The van der Waals surface area contributed by atoms with Gasteiger partial charge in [0, 0.05) is 18.7 Å². The van der Waals surface area contributed by atoms with Crippen molar-refractivity contribution in [1.82, 2.24) is 4.90 Å². The van der Waals surface area contributed by atoms with Crippen molar-refractivity contribution in [2.24, 2.45) is 5.73 Å². The van der Waals surface area contributed by atoms with Gasteiger partial charge in [-0.25, -0.2) is 0 Å². The van der Waals surface area contributed by atoms with Crippen molar-refractivity contribution in [3.63, 3.8) is 0 Å². The standard InChI is InChI=1S/C13H30N2O/c1-4-9-15(10-7-6-8-11-16)13(3,5-2)12-14/h16H,4-12,14H2,1-3H3. The SMILES string of the molecule is CCCN(CCCCCO)C(C)(CC)CN. The van der Waals surface area contributed by atoms with Crippen molar-refractivity contribution >= 4 is 0 Å². The van der Waals surface area contributed by atoms with Gasteiger partial charge < -0.3 is 10.8 Å². The van der Waals surface area contributed by atoms with Gasteiger partial charge in [0.25, 0.3) is 0 Å². The summed E-state index contributed by atoms with van der Waals surface area (Å²) in [5.74, 6) is 0. The number of nitrogens with zero attached hydrogens (tertiary/aromatic N) is 1. The first-order valence-corrected chi connectivity index (χ1v) is 6.70. The highest BCUT2D eigenvalue weighted by Gasteiger charge is 2.27. The molecule has 0 saturated heterocycles. The average molecular weight is 230 g/mol. The van der Waals surface area contributed by atoms with Crippen LogP contribution in [0.15, 0.2) is 0 Å². The van der Waals surface area contributed by atoms with E-state index in [1.54, 1.807) is 0 Å². The number of nitrogens with two attached hydrogens (primary N) is 1. The second-order valence-corrected chi connectivity index (χ2v) is 4.83. The minimum Gasteiger partial charge on any atom is -0.396 e. The molecule has 0 spiro atoms. The molecule has 0 aliphatic carbocycles. The normalized spacial score (nSPS) is 15.4. The van der Waals surface area contributed by atoms with Gasteiger partial charge >= 0.3 is 0 Å². The monoisotopic (exact) mass is 230 g/mol. The number of rotatable bonds is 10. The highest BCUT2D eigenvalue weighted by Crippen LogP contribution is 2.19. The highest BCUT2D eigenvalue weighted by atomic mass is 16.2. The molecule has 3 nitrogen and oxygen atoms in total. The maximum absolute atomic E-state index is 8.75. The summed E-state index contributed by atoms with van der Waals surface area (Å²) in [5, 5.41) is 8.75. The third-order valence-electron chi connectivity index (χ3n) is 3.54. The first-order chi connectivity index (χ1) is 7.64. The molecule has 0 bridgehead atoms. The van der Waals surface area contributed by atoms with E-state index in [4.69, 9.17) is 10.8 Å². The van der Waals surface area contributed by atoms with E-state index in [1.807, 2.05) is 0 Å². The van der Waals surface area contributed by atoms with Gasteiger partial charge in [-0.1, -0.05) is 13.8 Å². The van der Waals surface area contributed by atoms with Crippen molar-refractivity contribution in [2.45, 2.75) is 58.4 Å². The summed E-state index contributed by atoms with van der Waals surface area (Å²) in [4.78, 5) is 2.52. The van der Waals surface area contributed by atoms with Gasteiger partial charge in [0.1, 0.15) is 0 Å². The van der Waals surface area contributed by atoms with Crippen molar-refractivity contribution in [3.8, 4) is 0 Å². The lowest BCUT2D eigenvalue weighted by Gasteiger charge is -2.40. The lowest BCUT2D eigenvalue weighted by molar-refractivity contribution is 0.102. The Morgan fingerprint density at radius 3 is 2.25 bits per heavy atom. The zero-order valence-electron chi connectivity index (χ0n) is 11.3. The van der Waals surface area contributed by atoms with Gasteiger partial charge in [0.2, 0.25) is 0 Å². The van der Waals surface area contributed by atoms with E-state index in [2.05, 4.69) is 25.7 Å². The topological polar surface area (TPSA) is 49.5 Å². The molecule has 1 unspecified atom stereocenters. The van der Waals surface area contributed by atoms with Gasteiger partial charge in [-0.2, -0.15) is 0 Å². The number of aliphatic hydroxyl groups is 1. The summed E-state index contributed by atoms with van der Waals surface area (Å²) in [5.41, 5.74) is 6.05. The van der Waals surface area contributed by atoms with Crippen molar-refractivity contribution in [1.29, 1.82) is 0 Å². The zero-order chi connectivity index (χ0) is 12.4. The summed E-state index contributed by atoms with van der Waals surface area (Å²) < 4.78 is 0. The molecular formula is C13H30N2O. The maximum atomic E-state index is 8.75. The van der Waals surface area contributed by atoms with Crippen LogP contribution >= 0.6 is 0 Å². The van der Waals surface area contributed by atoms with Gasteiger partial charge in [-0.05, 0) is 52.1 Å². The van der Waals surface area contributed by atoms with E-state index in [-0.39, 0.29) is 5.54 Å². The molecule has 0 rings (SSSR count). The fourth-order valence-electron chi connectivity index (χ4n) is 2.01. The van der Waals surface area contributed by atoms with Crippen LogP contribution in [0.3, 0.4) is 0 Å². The van der Waals surface area contributed by atoms with Crippen LogP contribution < -0.4 is 5.73 Å². The predicted molar refractivity (Wildman–Crippen MR) is 70.6 cm³/mol. The Kier molecular flexibility index (Phi) is 8.90. The number of hydrogen-bond donors (Lipinski definition) is 2. The molecule has 0 saturated carbocycles. The molecule has 0 fully saturated rings. The third kappa shape index (κ3) is 5.28. The fraction of sp³-hybridized carbons (Fsp3) is 1.00. The predicted octanol–water partition coefficient (Wildman–Crippen LogP) is 1.99. The molecule has 16 heavy (non-hydrogen) atoms. The van der Waals surface area contributed by atoms with Crippen LogP contribution in [0.25, 0.3) is 0 Å². The first kappa shape index (κ1) is 15.9. The van der Waals surface area contributed by atoms with Gasteiger partial charge in [0.15, 0.2) is 0 Å². The van der Waals surface area contributed by atoms with E-state index in [9.17, 15) is 0 Å². The summed E-state index contributed by atoms with van der Waals surface area (Å²) >= 11 is 0. The molecule has 3 heteroatoms. The largest absolute Gasteiger partial charge is 0.396 e. The van der Waals surface area contributed by atoms with Crippen LogP contribution in [-0.2, 0) is 0 Å².